The first kappa shape index (κ1) is 21.8. The second-order valence-corrected chi connectivity index (χ2v) is 8.96. The molecule has 2 aromatic carbocycles. The van der Waals surface area contributed by atoms with Gasteiger partial charge in [0.15, 0.2) is 11.5 Å². The molecule has 1 atom stereocenters. The molecule has 2 N–H and O–H groups in total. The third-order valence-corrected chi connectivity index (χ3v) is 6.65. The maximum absolute atomic E-state index is 11.6. The Balaban J connectivity index is 1.43. The second kappa shape index (κ2) is 9.83. The highest BCUT2D eigenvalue weighted by molar-refractivity contribution is 6.08. The number of nitrogens with one attached hydrogen (secondary N) is 2. The van der Waals surface area contributed by atoms with E-state index in [4.69, 9.17) is 14.5 Å². The van der Waals surface area contributed by atoms with Gasteiger partial charge in [0.05, 0.1) is 30.4 Å². The van der Waals surface area contributed by atoms with E-state index in [0.717, 1.165) is 52.6 Å². The number of methoxy groups -OCH3 is 1. The van der Waals surface area contributed by atoms with Crippen molar-refractivity contribution in [2.75, 3.05) is 45.2 Å². The average Bonchev–Trinajstić information content (AvgIpc) is 3.36. The summed E-state index contributed by atoms with van der Waals surface area (Å²) >= 11 is 0. The first-order valence-corrected chi connectivity index (χ1v) is 12.0. The number of likely N-dealkylation sites (tertiary alicyclic amines) is 1. The number of benzene rings is 2. The van der Waals surface area contributed by atoms with Crippen LogP contribution in [0.4, 0.5) is 5.69 Å². The molecule has 0 radical (unpaired) electrons. The first-order valence-electron chi connectivity index (χ1n) is 12.0. The molecule has 3 heterocycles. The molecule has 0 bridgehead atoms. The largest absolute Gasteiger partial charge is 0.493 e. The van der Waals surface area contributed by atoms with Crippen LogP contribution in [0.2, 0.25) is 0 Å². The van der Waals surface area contributed by atoms with Gasteiger partial charge in [-0.1, -0.05) is 18.2 Å². The van der Waals surface area contributed by atoms with E-state index in [9.17, 15) is 4.79 Å². The Labute approximate surface area is 194 Å². The summed E-state index contributed by atoms with van der Waals surface area (Å²) in [6, 6.07) is 12.3. The van der Waals surface area contributed by atoms with Crippen LogP contribution < -0.4 is 20.1 Å². The zero-order valence-electron chi connectivity index (χ0n) is 19.2. The highest BCUT2D eigenvalue weighted by atomic mass is 16.5. The number of carbonyl (C=O) groups excluding carboxylic acids is 1. The first-order chi connectivity index (χ1) is 16.2. The summed E-state index contributed by atoms with van der Waals surface area (Å²) in [5.41, 5.74) is 2.82. The van der Waals surface area contributed by atoms with Crippen LogP contribution in [-0.2, 0) is 4.79 Å². The molecular weight excluding hydrogens is 416 g/mol. The zero-order valence-corrected chi connectivity index (χ0v) is 19.2. The Kier molecular flexibility index (Phi) is 6.48. The fourth-order valence-electron chi connectivity index (χ4n) is 4.86. The number of hydrogen-bond acceptors (Lipinski definition) is 6. The lowest BCUT2D eigenvalue weighted by Crippen LogP contribution is -2.41. The minimum atomic E-state index is 0.116. The van der Waals surface area contributed by atoms with Crippen LogP contribution in [-0.4, -0.2) is 61.7 Å². The minimum absolute atomic E-state index is 0.116. The third-order valence-electron chi connectivity index (χ3n) is 6.65. The summed E-state index contributed by atoms with van der Waals surface area (Å²) < 4.78 is 11.9. The Hall–Kier alpha value is -3.06. The Bertz CT molecular complexity index is 1130. The average molecular weight is 449 g/mol. The maximum Gasteiger partial charge on any atom is 0.220 e. The number of nitrogens with zero attached hydrogens (tertiary/aromatic N) is 2. The van der Waals surface area contributed by atoms with Gasteiger partial charge in [0, 0.05) is 42.4 Å². The molecule has 2 fully saturated rings. The number of para-hydroxylation sites is 1. The van der Waals surface area contributed by atoms with Crippen molar-refractivity contribution in [2.45, 2.75) is 38.1 Å². The lowest BCUT2D eigenvalue weighted by molar-refractivity contribution is -0.122. The predicted molar refractivity (Wildman–Crippen MR) is 131 cm³/mol. The summed E-state index contributed by atoms with van der Waals surface area (Å²) in [6.07, 6.45) is 4.95. The molecule has 1 amide bonds. The highest BCUT2D eigenvalue weighted by Crippen LogP contribution is 2.38. The van der Waals surface area contributed by atoms with Gasteiger partial charge in [0.1, 0.15) is 0 Å². The molecule has 2 saturated heterocycles. The van der Waals surface area contributed by atoms with Crippen LogP contribution in [0, 0.1) is 0 Å². The van der Waals surface area contributed by atoms with Crippen molar-refractivity contribution < 1.29 is 14.3 Å². The number of anilines is 1. The van der Waals surface area contributed by atoms with Gasteiger partial charge in [-0.25, -0.2) is 4.98 Å². The monoisotopic (exact) mass is 448 g/mol. The molecular formula is C26H32N4O3. The number of rotatable bonds is 8. The van der Waals surface area contributed by atoms with E-state index in [1.165, 1.54) is 25.9 Å². The van der Waals surface area contributed by atoms with Crippen molar-refractivity contribution in [3.63, 3.8) is 0 Å². The standard InChI is InChI=1S/C26H32N4O3/c1-32-23-15-20-22(16-24(23)33-14-6-13-30-11-4-5-12-30)29-21-8-3-2-7-19(21)26(20)28-18-9-10-25(31)27-17-18/h2-3,7-8,15-16,18H,4-6,9-14,17H2,1H3,(H,27,31)(H,28,29). The fraction of sp³-hybridized carbons (Fsp3) is 0.462. The van der Waals surface area contributed by atoms with Crippen molar-refractivity contribution in [3.8, 4) is 11.5 Å². The Morgan fingerprint density at radius 2 is 1.97 bits per heavy atom. The summed E-state index contributed by atoms with van der Waals surface area (Å²) in [4.78, 5) is 19.0. The minimum Gasteiger partial charge on any atom is -0.493 e. The number of ether oxygens (including phenoxy) is 2. The van der Waals surface area contributed by atoms with Crippen molar-refractivity contribution in [1.29, 1.82) is 0 Å². The Morgan fingerprint density at radius 3 is 2.76 bits per heavy atom. The Morgan fingerprint density at radius 1 is 1.12 bits per heavy atom. The summed E-state index contributed by atoms with van der Waals surface area (Å²) in [7, 11) is 1.68. The summed E-state index contributed by atoms with van der Waals surface area (Å²) in [6.45, 7) is 4.75. The molecule has 1 aromatic heterocycles. The number of hydrogen-bond donors (Lipinski definition) is 2. The van der Waals surface area contributed by atoms with Crippen LogP contribution >= 0.6 is 0 Å². The van der Waals surface area contributed by atoms with Gasteiger partial charge < -0.3 is 25.0 Å². The highest BCUT2D eigenvalue weighted by Gasteiger charge is 2.21. The number of carbonyl (C=O) groups is 1. The van der Waals surface area contributed by atoms with Crippen LogP contribution in [0.3, 0.4) is 0 Å². The number of pyridine rings is 1. The molecule has 5 rings (SSSR count). The predicted octanol–water partition coefficient (Wildman–Crippen LogP) is 3.95. The lowest BCUT2D eigenvalue weighted by Gasteiger charge is -2.26. The van der Waals surface area contributed by atoms with E-state index in [0.29, 0.717) is 25.3 Å². The molecule has 33 heavy (non-hydrogen) atoms. The van der Waals surface area contributed by atoms with Gasteiger partial charge in [-0.2, -0.15) is 0 Å². The molecule has 0 saturated carbocycles. The normalized spacial score (nSPS) is 19.1. The van der Waals surface area contributed by atoms with Crippen LogP contribution in [0.15, 0.2) is 36.4 Å². The number of aromatic nitrogens is 1. The van der Waals surface area contributed by atoms with Gasteiger partial charge in [-0.15, -0.1) is 0 Å². The topological polar surface area (TPSA) is 75.7 Å². The summed E-state index contributed by atoms with van der Waals surface area (Å²) in [5.74, 6) is 1.55. The quantitative estimate of drug-likeness (QED) is 0.401. The van der Waals surface area contributed by atoms with Gasteiger partial charge in [0.2, 0.25) is 5.91 Å². The van der Waals surface area contributed by atoms with E-state index in [-0.39, 0.29) is 11.9 Å². The van der Waals surface area contributed by atoms with Crippen molar-refractivity contribution >= 4 is 33.4 Å². The SMILES string of the molecule is COc1cc2c(NC3CCC(=O)NC3)c3ccccc3nc2cc1OCCCN1CCCC1. The van der Waals surface area contributed by atoms with Crippen LogP contribution in [0.1, 0.15) is 32.1 Å². The molecule has 7 heteroatoms. The molecule has 2 aliphatic rings. The molecule has 7 nitrogen and oxygen atoms in total. The lowest BCUT2D eigenvalue weighted by atomic mass is 10.0. The molecule has 0 aliphatic carbocycles. The maximum atomic E-state index is 11.6. The second-order valence-electron chi connectivity index (χ2n) is 8.96. The molecule has 174 valence electrons. The number of amides is 1. The van der Waals surface area contributed by atoms with Gasteiger partial charge >= 0.3 is 0 Å². The smallest absolute Gasteiger partial charge is 0.220 e. The molecule has 3 aromatic rings. The molecule has 2 aliphatic heterocycles. The van der Waals surface area contributed by atoms with Crippen LogP contribution in [0.25, 0.3) is 21.8 Å². The zero-order chi connectivity index (χ0) is 22.6. The molecule has 0 spiro atoms. The van der Waals surface area contributed by atoms with E-state index >= 15 is 0 Å². The van der Waals surface area contributed by atoms with Gasteiger partial charge in [-0.3, -0.25) is 4.79 Å². The molecule has 1 unspecified atom stereocenters. The van der Waals surface area contributed by atoms with Crippen molar-refractivity contribution in [1.82, 2.24) is 15.2 Å². The third kappa shape index (κ3) is 4.83. The number of piperidine rings is 1. The van der Waals surface area contributed by atoms with Crippen LogP contribution in [0.5, 0.6) is 11.5 Å². The van der Waals surface area contributed by atoms with E-state index < -0.39 is 0 Å². The van der Waals surface area contributed by atoms with Crippen molar-refractivity contribution in [2.24, 2.45) is 0 Å². The van der Waals surface area contributed by atoms with E-state index in [2.05, 4.69) is 21.6 Å². The fourth-order valence-corrected chi connectivity index (χ4v) is 4.86. The van der Waals surface area contributed by atoms with Gasteiger partial charge in [-0.05, 0) is 50.9 Å². The number of fused-ring (bicyclic) bond motifs is 2. The van der Waals surface area contributed by atoms with E-state index in [1.54, 1.807) is 7.11 Å². The van der Waals surface area contributed by atoms with Crippen molar-refractivity contribution in [3.05, 3.63) is 36.4 Å². The van der Waals surface area contributed by atoms with E-state index in [1.807, 2.05) is 30.3 Å². The van der Waals surface area contributed by atoms with Gasteiger partial charge in [0.25, 0.3) is 0 Å². The summed E-state index contributed by atoms with van der Waals surface area (Å²) in [5, 5.41) is 8.70.